The second-order valence-corrected chi connectivity index (χ2v) is 3.86. The van der Waals surface area contributed by atoms with Crippen molar-refractivity contribution in [2.45, 2.75) is 24.9 Å². The highest BCUT2D eigenvalue weighted by atomic mass is 19.4. The van der Waals surface area contributed by atoms with Crippen LogP contribution in [0.2, 0.25) is 0 Å². The highest BCUT2D eigenvalue weighted by Gasteiger charge is 2.87. The van der Waals surface area contributed by atoms with Crippen LogP contribution in [-0.2, 0) is 4.74 Å². The predicted octanol–water partition coefficient (Wildman–Crippen LogP) is 2.55. The third kappa shape index (κ3) is 1.34. The molecule has 0 aromatic carbocycles. The molecule has 9 heteroatoms. The van der Waals surface area contributed by atoms with Gasteiger partial charge in [-0.1, -0.05) is 0 Å². The molecular formula is C9H6F6N2O. The Kier molecular flexibility index (Phi) is 3.04. The van der Waals surface area contributed by atoms with Gasteiger partial charge in [0.2, 0.25) is 5.41 Å². The van der Waals surface area contributed by atoms with Crippen LogP contribution in [-0.4, -0.2) is 25.6 Å². The lowest BCUT2D eigenvalue weighted by molar-refractivity contribution is -0.378. The number of nitrogens with zero attached hydrogens (tertiary/aromatic N) is 2. The fourth-order valence-corrected chi connectivity index (χ4v) is 2.19. The number of methoxy groups -OCH3 is 1. The Morgan fingerprint density at radius 3 is 1.78 bits per heavy atom. The minimum Gasteiger partial charge on any atom is -0.379 e. The van der Waals surface area contributed by atoms with Crippen LogP contribution in [0, 0.1) is 33.5 Å². The molecule has 0 aromatic rings. The van der Waals surface area contributed by atoms with Gasteiger partial charge in [-0.2, -0.15) is 36.9 Å². The second kappa shape index (κ2) is 3.75. The molecule has 0 saturated heterocycles. The topological polar surface area (TPSA) is 56.8 Å². The zero-order valence-corrected chi connectivity index (χ0v) is 8.85. The summed E-state index contributed by atoms with van der Waals surface area (Å²) in [6, 6.07) is 1.23. The minimum absolute atomic E-state index is 0.612. The smallest absolute Gasteiger partial charge is 0.379 e. The van der Waals surface area contributed by atoms with E-state index in [9.17, 15) is 26.3 Å². The predicted molar refractivity (Wildman–Crippen MR) is 43.6 cm³/mol. The molecule has 1 saturated carbocycles. The standard InChI is InChI=1S/C9H6F6N2O/c1-18-5-2-6(3-16,8(10,11)12)7(5,4-17)9(13,14)15/h5H,2H2,1H3/t5-,6-,7-/m1/s1. The van der Waals surface area contributed by atoms with Gasteiger partial charge in [-0.3, -0.25) is 0 Å². The quantitative estimate of drug-likeness (QED) is 0.689. The fourth-order valence-electron chi connectivity index (χ4n) is 2.19. The molecule has 100 valence electrons. The van der Waals surface area contributed by atoms with E-state index in [4.69, 9.17) is 10.5 Å². The first kappa shape index (κ1) is 14.6. The first-order valence-corrected chi connectivity index (χ1v) is 4.53. The number of nitriles is 2. The molecule has 0 aliphatic heterocycles. The van der Waals surface area contributed by atoms with Crippen LogP contribution in [0.1, 0.15) is 6.42 Å². The first-order valence-electron chi connectivity index (χ1n) is 4.53. The first-order chi connectivity index (χ1) is 8.04. The van der Waals surface area contributed by atoms with Crippen LogP contribution in [0.5, 0.6) is 0 Å². The maximum absolute atomic E-state index is 12.9. The van der Waals surface area contributed by atoms with Gasteiger partial charge in [-0.25, -0.2) is 0 Å². The summed E-state index contributed by atoms with van der Waals surface area (Å²) in [6.07, 6.45) is -14.2. The van der Waals surface area contributed by atoms with Gasteiger partial charge < -0.3 is 4.74 Å². The zero-order chi connectivity index (χ0) is 14.4. The van der Waals surface area contributed by atoms with E-state index in [1.54, 1.807) is 0 Å². The number of ether oxygens (including phenoxy) is 1. The van der Waals surface area contributed by atoms with E-state index < -0.39 is 35.7 Å². The van der Waals surface area contributed by atoms with Crippen molar-refractivity contribution in [3.63, 3.8) is 0 Å². The summed E-state index contributed by atoms with van der Waals surface area (Å²) >= 11 is 0. The summed E-state index contributed by atoms with van der Waals surface area (Å²) in [5.74, 6) is 0. The Balaban J connectivity index is 3.52. The Bertz CT molecular complexity index is 430. The van der Waals surface area contributed by atoms with Crippen molar-refractivity contribution < 1.29 is 31.1 Å². The summed E-state index contributed by atoms with van der Waals surface area (Å²) in [7, 11) is 0.764. The molecule has 0 spiro atoms. The average Bonchev–Trinajstić information content (AvgIpc) is 2.14. The molecule has 3 atom stereocenters. The van der Waals surface area contributed by atoms with E-state index in [0.717, 1.165) is 7.11 Å². The molecule has 0 N–H and O–H groups in total. The van der Waals surface area contributed by atoms with Gasteiger partial charge in [-0.15, -0.1) is 0 Å². The Hall–Kier alpha value is -1.48. The van der Waals surface area contributed by atoms with E-state index in [0.29, 0.717) is 12.1 Å². The fraction of sp³-hybridized carbons (Fsp3) is 0.778. The number of halogens is 6. The summed E-state index contributed by atoms with van der Waals surface area (Å²) in [4.78, 5) is 0. The highest BCUT2D eigenvalue weighted by molar-refractivity contribution is 5.34. The van der Waals surface area contributed by atoms with Crippen molar-refractivity contribution in [1.29, 1.82) is 10.5 Å². The Morgan fingerprint density at radius 2 is 1.56 bits per heavy atom. The van der Waals surface area contributed by atoms with Gasteiger partial charge in [0, 0.05) is 13.5 Å². The minimum atomic E-state index is -5.52. The number of alkyl halides is 6. The van der Waals surface area contributed by atoms with Gasteiger partial charge in [0.1, 0.15) is 0 Å². The van der Waals surface area contributed by atoms with Crippen molar-refractivity contribution in [3.05, 3.63) is 0 Å². The molecule has 3 nitrogen and oxygen atoms in total. The zero-order valence-electron chi connectivity index (χ0n) is 8.85. The number of hydrogen-bond acceptors (Lipinski definition) is 3. The van der Waals surface area contributed by atoms with Crippen molar-refractivity contribution in [1.82, 2.24) is 0 Å². The summed E-state index contributed by atoms with van der Waals surface area (Å²) in [5, 5.41) is 17.1. The van der Waals surface area contributed by atoms with E-state index in [2.05, 4.69) is 4.74 Å². The molecule has 1 fully saturated rings. The molecule has 0 amide bonds. The molecule has 0 aromatic heterocycles. The third-order valence-corrected chi connectivity index (χ3v) is 3.23. The van der Waals surface area contributed by atoms with Gasteiger partial charge in [0.05, 0.1) is 18.2 Å². The van der Waals surface area contributed by atoms with Gasteiger partial charge >= 0.3 is 12.4 Å². The molecule has 1 rings (SSSR count). The van der Waals surface area contributed by atoms with Crippen molar-refractivity contribution in [2.75, 3.05) is 7.11 Å². The molecule has 0 unspecified atom stereocenters. The maximum atomic E-state index is 12.9. The van der Waals surface area contributed by atoms with Crippen molar-refractivity contribution in [3.8, 4) is 12.1 Å². The molecule has 0 heterocycles. The second-order valence-electron chi connectivity index (χ2n) is 3.86. The van der Waals surface area contributed by atoms with E-state index in [1.807, 2.05) is 0 Å². The SMILES string of the molecule is CO[C@@H]1C[C@](C#N)(C(F)(F)F)[C@]1(C#N)C(F)(F)F. The van der Waals surface area contributed by atoms with Crippen molar-refractivity contribution >= 4 is 0 Å². The summed E-state index contributed by atoms with van der Waals surface area (Å²) < 4.78 is 81.1. The molecule has 1 aliphatic rings. The molecular weight excluding hydrogens is 266 g/mol. The van der Waals surface area contributed by atoms with Crippen LogP contribution in [0.4, 0.5) is 26.3 Å². The summed E-state index contributed by atoms with van der Waals surface area (Å²) in [6.45, 7) is 0. The monoisotopic (exact) mass is 272 g/mol. The lowest BCUT2D eigenvalue weighted by atomic mass is 9.47. The van der Waals surface area contributed by atoms with Crippen molar-refractivity contribution in [2.24, 2.45) is 10.8 Å². The lowest BCUT2D eigenvalue weighted by Crippen LogP contribution is -2.72. The van der Waals surface area contributed by atoms with Crippen LogP contribution in [0.3, 0.4) is 0 Å². The van der Waals surface area contributed by atoms with Gasteiger partial charge in [0.15, 0.2) is 5.41 Å². The third-order valence-electron chi connectivity index (χ3n) is 3.23. The van der Waals surface area contributed by atoms with E-state index in [1.165, 1.54) is 0 Å². The van der Waals surface area contributed by atoms with Crippen LogP contribution >= 0.6 is 0 Å². The highest BCUT2D eigenvalue weighted by Crippen LogP contribution is 2.70. The Morgan fingerprint density at radius 1 is 1.06 bits per heavy atom. The summed E-state index contributed by atoms with van der Waals surface area (Å²) in [5.41, 5.74) is -7.67. The number of rotatable bonds is 1. The maximum Gasteiger partial charge on any atom is 0.411 e. The largest absolute Gasteiger partial charge is 0.411 e. The molecule has 0 radical (unpaired) electrons. The van der Waals surface area contributed by atoms with E-state index in [-0.39, 0.29) is 0 Å². The normalized spacial score (nSPS) is 36.4. The lowest BCUT2D eigenvalue weighted by Gasteiger charge is -2.55. The molecule has 1 aliphatic carbocycles. The Labute approximate surface area is 97.5 Å². The van der Waals surface area contributed by atoms with E-state index >= 15 is 0 Å². The molecule has 0 bridgehead atoms. The van der Waals surface area contributed by atoms with Crippen LogP contribution in [0.15, 0.2) is 0 Å². The van der Waals surface area contributed by atoms with Crippen LogP contribution in [0.25, 0.3) is 0 Å². The molecule has 18 heavy (non-hydrogen) atoms. The number of hydrogen-bond donors (Lipinski definition) is 0. The van der Waals surface area contributed by atoms with Crippen LogP contribution < -0.4 is 0 Å². The van der Waals surface area contributed by atoms with Gasteiger partial charge in [0.25, 0.3) is 0 Å². The van der Waals surface area contributed by atoms with Gasteiger partial charge in [-0.05, 0) is 0 Å². The average molecular weight is 272 g/mol.